The second-order valence-corrected chi connectivity index (χ2v) is 5.17. The first-order chi connectivity index (χ1) is 8.93. The summed E-state index contributed by atoms with van der Waals surface area (Å²) in [6.07, 6.45) is 2.74. The van der Waals surface area contributed by atoms with E-state index >= 15 is 0 Å². The molecule has 0 aliphatic rings. The number of hydrogen-bond donors (Lipinski definition) is 2. The fraction of sp³-hybridized carbons (Fsp3) is 0.692. The third-order valence-electron chi connectivity index (χ3n) is 3.23. The van der Waals surface area contributed by atoms with Crippen LogP contribution in [0, 0.1) is 5.92 Å². The first kappa shape index (κ1) is 15.7. The molecule has 1 aromatic rings. The zero-order chi connectivity index (χ0) is 14.4. The molecule has 1 amide bonds. The van der Waals surface area contributed by atoms with E-state index < -0.39 is 6.04 Å². The van der Waals surface area contributed by atoms with E-state index in [4.69, 9.17) is 5.73 Å². The molecule has 0 aliphatic heterocycles. The van der Waals surface area contributed by atoms with Crippen molar-refractivity contribution in [1.29, 1.82) is 0 Å². The summed E-state index contributed by atoms with van der Waals surface area (Å²) in [7, 11) is 4.02. The minimum atomic E-state index is -0.489. The van der Waals surface area contributed by atoms with E-state index in [1.165, 1.54) is 0 Å². The van der Waals surface area contributed by atoms with Gasteiger partial charge in [0.05, 0.1) is 12.6 Å². The smallest absolute Gasteiger partial charge is 0.242 e. The van der Waals surface area contributed by atoms with Crippen LogP contribution < -0.4 is 11.1 Å². The third-order valence-corrected chi connectivity index (χ3v) is 3.23. The molecule has 6 heteroatoms. The molecule has 0 bridgehead atoms. The second-order valence-electron chi connectivity index (χ2n) is 5.17. The van der Waals surface area contributed by atoms with Gasteiger partial charge in [-0.2, -0.15) is 5.10 Å². The van der Waals surface area contributed by atoms with Gasteiger partial charge >= 0.3 is 0 Å². The van der Waals surface area contributed by atoms with E-state index in [9.17, 15) is 4.79 Å². The van der Waals surface area contributed by atoms with E-state index in [-0.39, 0.29) is 11.8 Å². The lowest BCUT2D eigenvalue weighted by molar-refractivity contribution is -0.118. The molecule has 2 atom stereocenters. The van der Waals surface area contributed by atoms with Gasteiger partial charge in [0.15, 0.2) is 5.82 Å². The second kappa shape index (κ2) is 7.25. The van der Waals surface area contributed by atoms with Gasteiger partial charge in [0.2, 0.25) is 5.91 Å². The van der Waals surface area contributed by atoms with Crippen LogP contribution in [-0.4, -0.2) is 47.3 Å². The molecule has 6 nitrogen and oxygen atoms in total. The number of hydrogen-bond acceptors (Lipinski definition) is 4. The highest BCUT2D eigenvalue weighted by Gasteiger charge is 2.19. The summed E-state index contributed by atoms with van der Waals surface area (Å²) in [4.78, 5) is 14.0. The van der Waals surface area contributed by atoms with Crippen LogP contribution in [0.15, 0.2) is 12.3 Å². The number of rotatable bonds is 7. The summed E-state index contributed by atoms with van der Waals surface area (Å²) >= 11 is 0. The highest BCUT2D eigenvalue weighted by atomic mass is 16.2. The van der Waals surface area contributed by atoms with E-state index in [0.717, 1.165) is 19.5 Å². The Morgan fingerprint density at radius 1 is 1.58 bits per heavy atom. The molecule has 0 fully saturated rings. The predicted octanol–water partition coefficient (Wildman–Crippen LogP) is 0.757. The van der Waals surface area contributed by atoms with Crippen LogP contribution in [0.4, 0.5) is 5.82 Å². The van der Waals surface area contributed by atoms with Crippen molar-refractivity contribution in [2.45, 2.75) is 32.9 Å². The van der Waals surface area contributed by atoms with Gasteiger partial charge in [0, 0.05) is 18.8 Å². The number of aromatic nitrogens is 2. The monoisotopic (exact) mass is 267 g/mol. The quantitative estimate of drug-likeness (QED) is 0.764. The molecule has 1 heterocycles. The van der Waals surface area contributed by atoms with Crippen LogP contribution in [0.1, 0.15) is 20.3 Å². The number of nitrogens with two attached hydrogens (primary N) is 1. The topological polar surface area (TPSA) is 76.2 Å². The molecule has 1 rings (SSSR count). The van der Waals surface area contributed by atoms with Crippen LogP contribution in [0.2, 0.25) is 0 Å². The van der Waals surface area contributed by atoms with Gasteiger partial charge in [-0.15, -0.1) is 0 Å². The molecular formula is C13H25N5O. The molecule has 1 aromatic heterocycles. The number of nitrogens with one attached hydrogen (secondary N) is 1. The fourth-order valence-electron chi connectivity index (χ4n) is 1.58. The van der Waals surface area contributed by atoms with Crippen molar-refractivity contribution in [3.63, 3.8) is 0 Å². The lowest BCUT2D eigenvalue weighted by Crippen LogP contribution is -2.40. The van der Waals surface area contributed by atoms with Crippen molar-refractivity contribution in [2.75, 3.05) is 26.0 Å². The van der Waals surface area contributed by atoms with Gasteiger partial charge in [-0.3, -0.25) is 9.48 Å². The maximum atomic E-state index is 11.9. The zero-order valence-corrected chi connectivity index (χ0v) is 12.3. The van der Waals surface area contributed by atoms with Crippen LogP contribution in [-0.2, 0) is 11.3 Å². The number of amides is 1. The van der Waals surface area contributed by atoms with Gasteiger partial charge in [0.25, 0.3) is 0 Å². The summed E-state index contributed by atoms with van der Waals surface area (Å²) in [5.41, 5.74) is 5.87. The van der Waals surface area contributed by atoms with Crippen LogP contribution >= 0.6 is 0 Å². The first-order valence-electron chi connectivity index (χ1n) is 6.68. The molecule has 2 unspecified atom stereocenters. The van der Waals surface area contributed by atoms with Crippen molar-refractivity contribution in [1.82, 2.24) is 14.7 Å². The Balaban J connectivity index is 2.51. The summed E-state index contributed by atoms with van der Waals surface area (Å²) in [5, 5.41) is 7.05. The lowest BCUT2D eigenvalue weighted by Gasteiger charge is -2.16. The highest BCUT2D eigenvalue weighted by Crippen LogP contribution is 2.09. The summed E-state index contributed by atoms with van der Waals surface area (Å²) in [6.45, 7) is 5.69. The Bertz CT molecular complexity index is 401. The van der Waals surface area contributed by atoms with Crippen molar-refractivity contribution in [3.05, 3.63) is 12.3 Å². The average molecular weight is 267 g/mol. The lowest BCUT2D eigenvalue weighted by atomic mass is 9.99. The molecule has 0 saturated carbocycles. The summed E-state index contributed by atoms with van der Waals surface area (Å²) in [6, 6.07) is 1.30. The van der Waals surface area contributed by atoms with Gasteiger partial charge in [-0.25, -0.2) is 0 Å². The molecule has 0 saturated heterocycles. The molecule has 19 heavy (non-hydrogen) atoms. The van der Waals surface area contributed by atoms with Crippen LogP contribution in [0.5, 0.6) is 0 Å². The molecule has 0 radical (unpaired) electrons. The largest absolute Gasteiger partial charge is 0.320 e. The number of anilines is 1. The maximum absolute atomic E-state index is 11.9. The van der Waals surface area contributed by atoms with Gasteiger partial charge < -0.3 is 16.0 Å². The van der Waals surface area contributed by atoms with Crippen LogP contribution in [0.25, 0.3) is 0 Å². The van der Waals surface area contributed by atoms with Gasteiger partial charge in [0.1, 0.15) is 0 Å². The third kappa shape index (κ3) is 5.00. The Kier molecular flexibility index (Phi) is 5.98. The van der Waals surface area contributed by atoms with Crippen molar-refractivity contribution < 1.29 is 4.79 Å². The normalized spacial score (nSPS) is 14.4. The summed E-state index contributed by atoms with van der Waals surface area (Å²) in [5.74, 6) is 0.547. The summed E-state index contributed by atoms with van der Waals surface area (Å²) < 4.78 is 1.81. The van der Waals surface area contributed by atoms with Crippen molar-refractivity contribution in [3.8, 4) is 0 Å². The molecule has 3 N–H and O–H groups in total. The first-order valence-corrected chi connectivity index (χ1v) is 6.68. The molecule has 0 spiro atoms. The molecule has 108 valence electrons. The zero-order valence-electron chi connectivity index (χ0n) is 12.3. The van der Waals surface area contributed by atoms with Gasteiger partial charge in [-0.05, 0) is 20.0 Å². The minimum absolute atomic E-state index is 0.163. The number of carbonyl (C=O) groups is 1. The predicted molar refractivity (Wildman–Crippen MR) is 76.8 cm³/mol. The Morgan fingerprint density at radius 2 is 2.26 bits per heavy atom. The maximum Gasteiger partial charge on any atom is 0.242 e. The molecule has 0 aromatic carbocycles. The Labute approximate surface area is 114 Å². The fourth-order valence-corrected chi connectivity index (χ4v) is 1.58. The van der Waals surface area contributed by atoms with E-state index in [1.807, 2.05) is 38.8 Å². The highest BCUT2D eigenvalue weighted by molar-refractivity contribution is 5.93. The van der Waals surface area contributed by atoms with Gasteiger partial charge in [-0.1, -0.05) is 20.3 Å². The van der Waals surface area contributed by atoms with E-state index in [0.29, 0.717) is 5.82 Å². The number of carbonyl (C=O) groups excluding carboxylic acids is 1. The van der Waals surface area contributed by atoms with Crippen molar-refractivity contribution >= 4 is 11.7 Å². The Morgan fingerprint density at radius 3 is 2.84 bits per heavy atom. The molecule has 0 aliphatic carbocycles. The van der Waals surface area contributed by atoms with Crippen LogP contribution in [0.3, 0.4) is 0 Å². The van der Waals surface area contributed by atoms with Crippen molar-refractivity contribution in [2.24, 2.45) is 11.7 Å². The molecular weight excluding hydrogens is 242 g/mol. The average Bonchev–Trinajstić information content (AvgIpc) is 2.82. The number of nitrogens with zero attached hydrogens (tertiary/aromatic N) is 3. The minimum Gasteiger partial charge on any atom is -0.320 e. The number of likely N-dealkylation sites (N-methyl/N-ethyl adjacent to an activating group) is 1. The Hall–Kier alpha value is -1.40. The standard InChI is InChI=1S/C13H25N5O/c1-5-10(2)12(14)13(19)15-11-6-7-18(16-11)9-8-17(3)4/h6-7,10,12H,5,8-9,14H2,1-4H3,(H,15,16,19). The van der Waals surface area contributed by atoms with E-state index in [2.05, 4.69) is 15.3 Å². The van der Waals surface area contributed by atoms with E-state index in [1.54, 1.807) is 6.07 Å². The SMILES string of the molecule is CCC(C)C(N)C(=O)Nc1ccn(CCN(C)C)n1.